The molecule has 0 spiro atoms. The summed E-state index contributed by atoms with van der Waals surface area (Å²) in [6, 6.07) is 7.72. The summed E-state index contributed by atoms with van der Waals surface area (Å²) >= 11 is 7.70. The van der Waals surface area contributed by atoms with E-state index in [-0.39, 0.29) is 12.3 Å². The van der Waals surface area contributed by atoms with Gasteiger partial charge < -0.3 is 5.73 Å². The normalized spacial score (nSPS) is 13.8. The van der Waals surface area contributed by atoms with Gasteiger partial charge in [0.05, 0.1) is 4.34 Å². The van der Waals surface area contributed by atoms with Crippen molar-refractivity contribution in [1.82, 2.24) is 0 Å². The van der Waals surface area contributed by atoms with Crippen molar-refractivity contribution in [3.8, 4) is 0 Å². The summed E-state index contributed by atoms with van der Waals surface area (Å²) in [5, 5.41) is 1.00. The molecule has 0 saturated heterocycles. The lowest BCUT2D eigenvalue weighted by atomic mass is 9.93. The fraction of sp³-hybridized carbons (Fsp3) is 0.429. The Bertz CT molecular complexity index is 579. The maximum absolute atomic E-state index is 12.2. The molecule has 1 aromatic carbocycles. The third-order valence-corrected chi connectivity index (χ3v) is 4.70. The van der Waals surface area contributed by atoms with E-state index in [0.717, 1.165) is 15.6 Å². The lowest BCUT2D eigenvalue weighted by Gasteiger charge is -2.15. The largest absolute Gasteiger partial charge is 0.389 e. The van der Waals surface area contributed by atoms with Crippen molar-refractivity contribution in [3.05, 3.63) is 34.2 Å². The summed E-state index contributed by atoms with van der Waals surface area (Å²) in [6.07, 6.45) is -4.41. The van der Waals surface area contributed by atoms with Gasteiger partial charge in [-0.1, -0.05) is 29.8 Å². The Morgan fingerprint density at radius 3 is 2.60 bits per heavy atom. The van der Waals surface area contributed by atoms with Crippen LogP contribution in [0.5, 0.6) is 0 Å². The fourth-order valence-corrected chi connectivity index (χ4v) is 3.86. The first-order valence-electron chi connectivity index (χ1n) is 6.36. The zero-order chi connectivity index (χ0) is 14.8. The van der Waals surface area contributed by atoms with E-state index in [1.807, 2.05) is 24.3 Å². The zero-order valence-electron chi connectivity index (χ0n) is 10.7. The standard InChI is InChI=1S/C14H15ClF3NS/c15-13-12(10-5-1-2-6-11(10)20-13)9(8-19)4-3-7-14(16,17)18/h1-2,5-6,9H,3-4,7-8,19H2. The smallest absolute Gasteiger partial charge is 0.330 e. The Morgan fingerprint density at radius 2 is 1.95 bits per heavy atom. The fourth-order valence-electron chi connectivity index (χ4n) is 2.34. The number of hydrogen-bond donors (Lipinski definition) is 1. The summed E-state index contributed by atoms with van der Waals surface area (Å²) in [5.41, 5.74) is 6.64. The van der Waals surface area contributed by atoms with E-state index in [2.05, 4.69) is 0 Å². The third-order valence-electron chi connectivity index (χ3n) is 3.29. The van der Waals surface area contributed by atoms with Crippen LogP contribution in [0.2, 0.25) is 4.34 Å². The van der Waals surface area contributed by atoms with Gasteiger partial charge in [-0.15, -0.1) is 11.3 Å². The van der Waals surface area contributed by atoms with Crippen LogP contribution in [0.1, 0.15) is 30.7 Å². The summed E-state index contributed by atoms with van der Waals surface area (Å²) in [4.78, 5) is 0. The Hall–Kier alpha value is -0.780. The van der Waals surface area contributed by atoms with Crippen molar-refractivity contribution in [2.24, 2.45) is 5.73 Å². The van der Waals surface area contributed by atoms with Crippen LogP contribution in [0, 0.1) is 0 Å². The second-order valence-electron chi connectivity index (χ2n) is 4.73. The number of nitrogens with two attached hydrogens (primary N) is 1. The molecule has 0 aliphatic carbocycles. The summed E-state index contributed by atoms with van der Waals surface area (Å²) < 4.78 is 38.4. The number of hydrogen-bond acceptors (Lipinski definition) is 2. The molecule has 0 amide bonds. The highest BCUT2D eigenvalue weighted by molar-refractivity contribution is 7.22. The second-order valence-corrected chi connectivity index (χ2v) is 6.38. The number of rotatable bonds is 5. The highest BCUT2D eigenvalue weighted by atomic mass is 35.5. The molecule has 1 nitrogen and oxygen atoms in total. The van der Waals surface area contributed by atoms with Gasteiger partial charge in [0.2, 0.25) is 0 Å². The molecule has 110 valence electrons. The molecule has 6 heteroatoms. The molecule has 0 saturated carbocycles. The molecule has 0 fully saturated rings. The van der Waals surface area contributed by atoms with Gasteiger partial charge >= 0.3 is 6.18 Å². The Morgan fingerprint density at radius 1 is 1.25 bits per heavy atom. The molecular formula is C14H15ClF3NS. The van der Waals surface area contributed by atoms with Gasteiger partial charge in [-0.2, -0.15) is 13.2 Å². The zero-order valence-corrected chi connectivity index (χ0v) is 12.3. The number of fused-ring (bicyclic) bond motifs is 1. The molecule has 1 aromatic heterocycles. The van der Waals surface area contributed by atoms with E-state index in [0.29, 0.717) is 17.3 Å². The van der Waals surface area contributed by atoms with Gasteiger partial charge in [-0.3, -0.25) is 0 Å². The molecule has 0 aliphatic heterocycles. The first kappa shape index (κ1) is 15.6. The highest BCUT2D eigenvalue weighted by Crippen LogP contribution is 2.41. The van der Waals surface area contributed by atoms with Crippen LogP contribution in [-0.2, 0) is 0 Å². The van der Waals surface area contributed by atoms with E-state index < -0.39 is 12.6 Å². The summed E-state index contributed by atoms with van der Waals surface area (Å²) in [5.74, 6) is -0.124. The lowest BCUT2D eigenvalue weighted by Crippen LogP contribution is -2.14. The van der Waals surface area contributed by atoms with Gasteiger partial charge in [0.25, 0.3) is 0 Å². The Kier molecular flexibility index (Phi) is 4.94. The predicted octanol–water partition coefficient (Wildman–Crippen LogP) is 5.33. The highest BCUT2D eigenvalue weighted by Gasteiger charge is 2.27. The Balaban J connectivity index is 2.19. The van der Waals surface area contributed by atoms with Crippen LogP contribution in [0.4, 0.5) is 13.2 Å². The van der Waals surface area contributed by atoms with Crippen molar-refractivity contribution in [2.75, 3.05) is 6.54 Å². The molecule has 0 aliphatic rings. The Labute approximate surface area is 124 Å². The SMILES string of the molecule is NCC(CCCC(F)(F)F)c1c(Cl)sc2ccccc12. The van der Waals surface area contributed by atoms with Crippen LogP contribution in [0.3, 0.4) is 0 Å². The molecule has 20 heavy (non-hydrogen) atoms. The molecule has 1 unspecified atom stereocenters. The van der Waals surface area contributed by atoms with Crippen LogP contribution in [0.15, 0.2) is 24.3 Å². The van der Waals surface area contributed by atoms with Crippen LogP contribution >= 0.6 is 22.9 Å². The van der Waals surface area contributed by atoms with Crippen molar-refractivity contribution < 1.29 is 13.2 Å². The monoisotopic (exact) mass is 321 g/mol. The molecule has 2 N–H and O–H groups in total. The first-order valence-corrected chi connectivity index (χ1v) is 7.55. The summed E-state index contributed by atoms with van der Waals surface area (Å²) in [7, 11) is 0. The quantitative estimate of drug-likeness (QED) is 0.791. The minimum absolute atomic E-state index is 0.0753. The van der Waals surface area contributed by atoms with Crippen molar-refractivity contribution in [1.29, 1.82) is 0 Å². The molecule has 1 atom stereocenters. The number of alkyl halides is 3. The molecular weight excluding hydrogens is 307 g/mol. The minimum atomic E-state index is -4.11. The number of benzene rings is 1. The van der Waals surface area contributed by atoms with E-state index in [9.17, 15) is 13.2 Å². The van der Waals surface area contributed by atoms with Gasteiger partial charge in [0.15, 0.2) is 0 Å². The van der Waals surface area contributed by atoms with Gasteiger partial charge in [-0.05, 0) is 42.3 Å². The van der Waals surface area contributed by atoms with Crippen molar-refractivity contribution in [3.63, 3.8) is 0 Å². The first-order chi connectivity index (χ1) is 9.42. The minimum Gasteiger partial charge on any atom is -0.330 e. The van der Waals surface area contributed by atoms with E-state index in [1.54, 1.807) is 0 Å². The van der Waals surface area contributed by atoms with Crippen LogP contribution < -0.4 is 5.73 Å². The molecule has 0 radical (unpaired) electrons. The molecule has 1 heterocycles. The molecule has 2 rings (SSSR count). The van der Waals surface area contributed by atoms with E-state index >= 15 is 0 Å². The predicted molar refractivity (Wildman–Crippen MR) is 78.5 cm³/mol. The molecule has 2 aromatic rings. The van der Waals surface area contributed by atoms with Crippen molar-refractivity contribution >= 4 is 33.0 Å². The topological polar surface area (TPSA) is 26.0 Å². The lowest BCUT2D eigenvalue weighted by molar-refractivity contribution is -0.135. The van der Waals surface area contributed by atoms with Gasteiger partial charge in [0, 0.05) is 11.1 Å². The third kappa shape index (κ3) is 3.65. The maximum atomic E-state index is 12.2. The van der Waals surface area contributed by atoms with E-state index in [4.69, 9.17) is 17.3 Å². The van der Waals surface area contributed by atoms with Crippen molar-refractivity contribution in [2.45, 2.75) is 31.4 Å². The molecule has 0 bridgehead atoms. The van der Waals surface area contributed by atoms with Crippen LogP contribution in [-0.4, -0.2) is 12.7 Å². The van der Waals surface area contributed by atoms with Gasteiger partial charge in [-0.25, -0.2) is 0 Å². The summed E-state index contributed by atoms with van der Waals surface area (Å²) in [6.45, 7) is 0.304. The average molecular weight is 322 g/mol. The average Bonchev–Trinajstić information content (AvgIpc) is 2.70. The van der Waals surface area contributed by atoms with E-state index in [1.165, 1.54) is 11.3 Å². The number of thiophene rings is 1. The maximum Gasteiger partial charge on any atom is 0.389 e. The second kappa shape index (κ2) is 6.33. The number of halogens is 4. The van der Waals surface area contributed by atoms with Gasteiger partial charge in [0.1, 0.15) is 0 Å². The van der Waals surface area contributed by atoms with Crippen LogP contribution in [0.25, 0.3) is 10.1 Å².